The molecule has 2 aliphatic rings. The molecular weight excluding hydrogens is 370 g/mol. The summed E-state index contributed by atoms with van der Waals surface area (Å²) in [7, 11) is 0. The summed E-state index contributed by atoms with van der Waals surface area (Å²) >= 11 is 0. The van der Waals surface area contributed by atoms with Crippen LogP contribution in [0.3, 0.4) is 0 Å². The number of rotatable bonds is 6. The zero-order valence-corrected chi connectivity index (χ0v) is 15.8. The van der Waals surface area contributed by atoms with Gasteiger partial charge in [0, 0.05) is 11.3 Å². The molecule has 1 aromatic carbocycles. The Morgan fingerprint density at radius 2 is 1.64 bits per heavy atom. The normalized spacial score (nSPS) is 21.0. The van der Waals surface area contributed by atoms with Gasteiger partial charge in [0.05, 0.1) is 25.4 Å². The first-order valence-corrected chi connectivity index (χ1v) is 9.04. The van der Waals surface area contributed by atoms with Gasteiger partial charge < -0.3 is 24.3 Å². The molecule has 9 heteroatoms. The van der Waals surface area contributed by atoms with Crippen molar-refractivity contribution in [3.63, 3.8) is 0 Å². The Labute approximate surface area is 161 Å². The number of hydrogen-bond acceptors (Lipinski definition) is 9. The Morgan fingerprint density at radius 3 is 2.21 bits per heavy atom. The summed E-state index contributed by atoms with van der Waals surface area (Å²) in [5.74, 6) is -3.20. The molecule has 1 fully saturated rings. The Kier molecular flexibility index (Phi) is 5.26. The van der Waals surface area contributed by atoms with Crippen LogP contribution in [0.25, 0.3) is 0 Å². The number of fused-ring (bicyclic) bond motifs is 4. The second-order valence-corrected chi connectivity index (χ2v) is 6.23. The molecule has 1 N–H and O–H groups in total. The summed E-state index contributed by atoms with van der Waals surface area (Å²) in [6.07, 6.45) is -1.28. The Bertz CT molecular complexity index is 815. The molecule has 1 saturated heterocycles. The maximum Gasteiger partial charge on any atom is 0.338 e. The minimum atomic E-state index is -2.04. The fraction of sp³-hybridized carbons (Fsp3) is 0.474. The van der Waals surface area contributed by atoms with Crippen LogP contribution in [-0.4, -0.2) is 49.7 Å². The van der Waals surface area contributed by atoms with Crippen molar-refractivity contribution in [1.29, 1.82) is 0 Å². The lowest BCUT2D eigenvalue weighted by Crippen LogP contribution is -2.57. The van der Waals surface area contributed by atoms with Gasteiger partial charge in [0.25, 0.3) is 0 Å². The number of carbonyl (C=O) groups is 4. The van der Waals surface area contributed by atoms with Crippen LogP contribution in [0.1, 0.15) is 42.8 Å². The minimum absolute atomic E-state index is 0.00332. The smallest absolute Gasteiger partial charge is 0.338 e. The third kappa shape index (κ3) is 2.78. The van der Waals surface area contributed by atoms with E-state index in [0.29, 0.717) is 11.3 Å². The van der Waals surface area contributed by atoms with E-state index >= 15 is 0 Å². The predicted octanol–water partition coefficient (Wildman–Crippen LogP) is 1.37. The van der Waals surface area contributed by atoms with Crippen LogP contribution < -0.4 is 5.32 Å². The molecular formula is C19H21NO8. The number of benzene rings is 1. The number of hydrogen-bond donors (Lipinski definition) is 1. The molecule has 2 unspecified atom stereocenters. The highest BCUT2D eigenvalue weighted by atomic mass is 16.6. The van der Waals surface area contributed by atoms with Gasteiger partial charge in [0.2, 0.25) is 5.41 Å². The molecule has 0 radical (unpaired) electrons. The minimum Gasteiger partial charge on any atom is -0.465 e. The molecule has 9 nitrogen and oxygen atoms in total. The molecule has 2 heterocycles. The number of ether oxygens (including phenoxy) is 4. The standard InChI is InChI=1S/C19H21NO8/c1-4-25-15(21)10-7-8-12-11(9-10)14-19(17(23)26-5-2,18(24)27-6-3)13(20-12)16(22)28-14/h7-9,13-14,20H,4-6H2,1-3H3. The van der Waals surface area contributed by atoms with E-state index in [1.54, 1.807) is 26.8 Å². The quantitative estimate of drug-likeness (QED) is 0.436. The van der Waals surface area contributed by atoms with Gasteiger partial charge in [-0.05, 0) is 39.0 Å². The van der Waals surface area contributed by atoms with Crippen LogP contribution in [0.5, 0.6) is 0 Å². The number of esters is 4. The first-order valence-electron chi connectivity index (χ1n) is 9.04. The van der Waals surface area contributed by atoms with Crippen molar-refractivity contribution in [2.75, 3.05) is 25.1 Å². The van der Waals surface area contributed by atoms with Crippen molar-refractivity contribution in [1.82, 2.24) is 0 Å². The molecule has 2 atom stereocenters. The van der Waals surface area contributed by atoms with Gasteiger partial charge >= 0.3 is 23.9 Å². The summed E-state index contributed by atoms with van der Waals surface area (Å²) in [5, 5.41) is 2.88. The molecule has 3 rings (SSSR count). The summed E-state index contributed by atoms with van der Waals surface area (Å²) in [6, 6.07) is 3.24. The maximum absolute atomic E-state index is 12.9. The number of carbonyl (C=O) groups excluding carboxylic acids is 4. The average Bonchev–Trinajstić information content (AvgIpc) is 2.87. The summed E-state index contributed by atoms with van der Waals surface area (Å²) in [6.45, 7) is 5.04. The highest BCUT2D eigenvalue weighted by Gasteiger charge is 2.72. The average molecular weight is 391 g/mol. The topological polar surface area (TPSA) is 117 Å². The van der Waals surface area contributed by atoms with Crippen molar-refractivity contribution in [3.8, 4) is 0 Å². The van der Waals surface area contributed by atoms with Gasteiger partial charge in [-0.15, -0.1) is 0 Å². The molecule has 2 bridgehead atoms. The van der Waals surface area contributed by atoms with Gasteiger partial charge in [-0.1, -0.05) is 0 Å². The summed E-state index contributed by atoms with van der Waals surface area (Å²) in [4.78, 5) is 50.4. The van der Waals surface area contributed by atoms with Crippen LogP contribution in [0.2, 0.25) is 0 Å². The van der Waals surface area contributed by atoms with E-state index in [1.807, 2.05) is 0 Å². The Balaban J connectivity index is 2.15. The Hall–Kier alpha value is -3.10. The van der Waals surface area contributed by atoms with Gasteiger partial charge in [0.15, 0.2) is 12.1 Å². The molecule has 0 aliphatic carbocycles. The van der Waals surface area contributed by atoms with Crippen molar-refractivity contribution in [2.45, 2.75) is 32.9 Å². The number of nitrogens with one attached hydrogen (secondary N) is 1. The first kappa shape index (κ1) is 19.7. The third-order valence-electron chi connectivity index (χ3n) is 4.71. The maximum atomic E-state index is 12.9. The van der Waals surface area contributed by atoms with Gasteiger partial charge in [-0.2, -0.15) is 0 Å². The monoisotopic (exact) mass is 391 g/mol. The zero-order valence-electron chi connectivity index (χ0n) is 15.8. The molecule has 0 aromatic heterocycles. The lowest BCUT2D eigenvalue weighted by molar-refractivity contribution is -0.177. The third-order valence-corrected chi connectivity index (χ3v) is 4.71. The van der Waals surface area contributed by atoms with Crippen molar-refractivity contribution in [3.05, 3.63) is 29.3 Å². The lowest BCUT2D eigenvalue weighted by Gasteiger charge is -2.37. The molecule has 28 heavy (non-hydrogen) atoms. The van der Waals surface area contributed by atoms with E-state index in [4.69, 9.17) is 18.9 Å². The van der Waals surface area contributed by atoms with Crippen LogP contribution in [0.15, 0.2) is 18.2 Å². The molecule has 150 valence electrons. The van der Waals surface area contributed by atoms with E-state index in [9.17, 15) is 19.2 Å². The van der Waals surface area contributed by atoms with Gasteiger partial charge in [0.1, 0.15) is 0 Å². The fourth-order valence-corrected chi connectivity index (χ4v) is 3.54. The van der Waals surface area contributed by atoms with Crippen LogP contribution >= 0.6 is 0 Å². The van der Waals surface area contributed by atoms with Gasteiger partial charge in [-0.3, -0.25) is 9.59 Å². The van der Waals surface area contributed by atoms with E-state index < -0.39 is 41.4 Å². The van der Waals surface area contributed by atoms with Gasteiger partial charge in [-0.25, -0.2) is 9.59 Å². The van der Waals surface area contributed by atoms with E-state index in [1.165, 1.54) is 12.1 Å². The van der Waals surface area contributed by atoms with Crippen molar-refractivity contribution >= 4 is 29.6 Å². The Morgan fingerprint density at radius 1 is 1.04 bits per heavy atom. The molecule has 0 spiro atoms. The SMILES string of the molecule is CCOC(=O)c1ccc2c(c1)C1OC(=O)C(N2)C1(C(=O)OCC)C(=O)OCC. The van der Waals surface area contributed by atoms with Crippen LogP contribution in [0, 0.1) is 5.41 Å². The first-order chi connectivity index (χ1) is 13.4. The molecule has 1 aromatic rings. The molecule has 0 saturated carbocycles. The predicted molar refractivity (Wildman–Crippen MR) is 94.3 cm³/mol. The highest BCUT2D eigenvalue weighted by molar-refractivity contribution is 6.10. The van der Waals surface area contributed by atoms with Crippen LogP contribution in [-0.2, 0) is 33.3 Å². The fourth-order valence-electron chi connectivity index (χ4n) is 3.54. The molecule has 2 aliphatic heterocycles. The van der Waals surface area contributed by atoms with E-state index in [0.717, 1.165) is 0 Å². The lowest BCUT2D eigenvalue weighted by atomic mass is 9.71. The summed E-state index contributed by atoms with van der Waals surface area (Å²) in [5.41, 5.74) is -1.07. The van der Waals surface area contributed by atoms with Crippen molar-refractivity contribution in [2.24, 2.45) is 5.41 Å². The summed E-state index contributed by atoms with van der Waals surface area (Å²) < 4.78 is 20.6. The number of anilines is 1. The highest BCUT2D eigenvalue weighted by Crippen LogP contribution is 2.54. The van der Waals surface area contributed by atoms with Crippen molar-refractivity contribution < 1.29 is 38.1 Å². The zero-order chi connectivity index (χ0) is 20.5. The van der Waals surface area contributed by atoms with E-state index in [2.05, 4.69) is 5.32 Å². The second kappa shape index (κ2) is 7.49. The van der Waals surface area contributed by atoms with Crippen LogP contribution in [0.4, 0.5) is 5.69 Å². The largest absolute Gasteiger partial charge is 0.465 e. The molecule has 0 amide bonds. The van der Waals surface area contributed by atoms with E-state index in [-0.39, 0.29) is 25.4 Å². The second-order valence-electron chi connectivity index (χ2n) is 6.23.